The van der Waals surface area contributed by atoms with E-state index in [1.54, 1.807) is 17.4 Å². The minimum atomic E-state index is -0.106. The average molecular weight is 243 g/mol. The maximum absolute atomic E-state index is 11.7. The van der Waals surface area contributed by atoms with Crippen molar-refractivity contribution in [1.29, 1.82) is 0 Å². The standard InChI is InChI=1S/C14H13NOS/c1-11-4-2-3-5-13(11)15-14(16)7-6-12-8-9-17-10-12/h2-10H,1H3,(H,15,16)/b7-6+. The van der Waals surface area contributed by atoms with Crippen molar-refractivity contribution in [2.75, 3.05) is 5.32 Å². The Hall–Kier alpha value is -1.87. The van der Waals surface area contributed by atoms with Crippen LogP contribution in [0.3, 0.4) is 0 Å². The number of aryl methyl sites for hydroxylation is 1. The normalized spacial score (nSPS) is 10.6. The molecule has 0 spiro atoms. The van der Waals surface area contributed by atoms with Gasteiger partial charge in [-0.05, 0) is 47.0 Å². The zero-order valence-corrected chi connectivity index (χ0v) is 10.3. The Morgan fingerprint density at radius 1 is 1.29 bits per heavy atom. The third kappa shape index (κ3) is 3.29. The van der Waals surface area contributed by atoms with Gasteiger partial charge in [0.15, 0.2) is 0 Å². The van der Waals surface area contributed by atoms with Crippen LogP contribution in [0.2, 0.25) is 0 Å². The van der Waals surface area contributed by atoms with Crippen LogP contribution in [0.1, 0.15) is 11.1 Å². The minimum Gasteiger partial charge on any atom is -0.322 e. The van der Waals surface area contributed by atoms with Crippen LogP contribution in [0.4, 0.5) is 5.69 Å². The quantitative estimate of drug-likeness (QED) is 0.818. The molecule has 3 heteroatoms. The second-order valence-electron chi connectivity index (χ2n) is 3.69. The lowest BCUT2D eigenvalue weighted by Gasteiger charge is -2.04. The zero-order valence-electron chi connectivity index (χ0n) is 9.51. The summed E-state index contributed by atoms with van der Waals surface area (Å²) in [5.41, 5.74) is 2.96. The fourth-order valence-corrected chi connectivity index (χ4v) is 2.06. The monoisotopic (exact) mass is 243 g/mol. The first-order valence-corrected chi connectivity index (χ1v) is 6.27. The van der Waals surface area contributed by atoms with Crippen molar-refractivity contribution in [2.45, 2.75) is 6.92 Å². The number of hydrogen-bond donors (Lipinski definition) is 1. The van der Waals surface area contributed by atoms with E-state index in [0.29, 0.717) is 0 Å². The van der Waals surface area contributed by atoms with Crippen LogP contribution < -0.4 is 5.32 Å². The van der Waals surface area contributed by atoms with Gasteiger partial charge >= 0.3 is 0 Å². The minimum absolute atomic E-state index is 0.106. The molecule has 0 bridgehead atoms. The van der Waals surface area contributed by atoms with Crippen molar-refractivity contribution in [3.63, 3.8) is 0 Å². The van der Waals surface area contributed by atoms with Gasteiger partial charge in [-0.25, -0.2) is 0 Å². The molecule has 86 valence electrons. The maximum atomic E-state index is 11.7. The first-order chi connectivity index (χ1) is 8.25. The van der Waals surface area contributed by atoms with E-state index >= 15 is 0 Å². The lowest BCUT2D eigenvalue weighted by atomic mass is 10.2. The van der Waals surface area contributed by atoms with Crippen molar-refractivity contribution >= 4 is 29.0 Å². The molecule has 2 rings (SSSR count). The molecule has 0 saturated carbocycles. The Kier molecular flexibility index (Phi) is 3.73. The Bertz CT molecular complexity index is 529. The van der Waals surface area contributed by atoms with Crippen LogP contribution in [0.5, 0.6) is 0 Å². The number of carbonyl (C=O) groups is 1. The second kappa shape index (κ2) is 5.46. The topological polar surface area (TPSA) is 29.1 Å². The van der Waals surface area contributed by atoms with Gasteiger partial charge in [-0.1, -0.05) is 18.2 Å². The van der Waals surface area contributed by atoms with Crippen LogP contribution in [-0.4, -0.2) is 5.91 Å². The highest BCUT2D eigenvalue weighted by atomic mass is 32.1. The molecule has 1 amide bonds. The SMILES string of the molecule is Cc1ccccc1NC(=O)/C=C/c1ccsc1. The third-order valence-corrected chi connectivity index (χ3v) is 3.07. The fraction of sp³-hybridized carbons (Fsp3) is 0.0714. The highest BCUT2D eigenvalue weighted by Crippen LogP contribution is 2.13. The van der Waals surface area contributed by atoms with Gasteiger partial charge in [0, 0.05) is 11.8 Å². The molecule has 1 N–H and O–H groups in total. The van der Waals surface area contributed by atoms with Crippen LogP contribution in [0.25, 0.3) is 6.08 Å². The summed E-state index contributed by atoms with van der Waals surface area (Å²) >= 11 is 1.61. The van der Waals surface area contributed by atoms with E-state index in [2.05, 4.69) is 5.32 Å². The summed E-state index contributed by atoms with van der Waals surface area (Å²) < 4.78 is 0. The molecule has 0 unspecified atom stereocenters. The van der Waals surface area contributed by atoms with Crippen LogP contribution in [0, 0.1) is 6.92 Å². The Balaban J connectivity index is 2.01. The molecule has 1 aromatic carbocycles. The van der Waals surface area contributed by atoms with Gasteiger partial charge in [0.25, 0.3) is 0 Å². The van der Waals surface area contributed by atoms with Crippen molar-refractivity contribution in [1.82, 2.24) is 0 Å². The molecule has 0 aliphatic carbocycles. The number of para-hydroxylation sites is 1. The number of thiophene rings is 1. The third-order valence-electron chi connectivity index (χ3n) is 2.37. The maximum Gasteiger partial charge on any atom is 0.248 e. The Morgan fingerprint density at radius 2 is 2.12 bits per heavy atom. The van der Waals surface area contributed by atoms with Gasteiger partial charge in [0.1, 0.15) is 0 Å². The van der Waals surface area contributed by atoms with Gasteiger partial charge in [0.2, 0.25) is 5.91 Å². The number of amides is 1. The van der Waals surface area contributed by atoms with Crippen molar-refractivity contribution in [2.24, 2.45) is 0 Å². The second-order valence-corrected chi connectivity index (χ2v) is 4.47. The van der Waals surface area contributed by atoms with Gasteiger partial charge in [-0.3, -0.25) is 4.79 Å². The molecule has 17 heavy (non-hydrogen) atoms. The molecule has 0 saturated heterocycles. The van der Waals surface area contributed by atoms with Crippen LogP contribution in [-0.2, 0) is 4.79 Å². The van der Waals surface area contributed by atoms with E-state index in [0.717, 1.165) is 16.8 Å². The Morgan fingerprint density at radius 3 is 2.82 bits per heavy atom. The molecule has 0 atom stereocenters. The smallest absolute Gasteiger partial charge is 0.248 e. The number of hydrogen-bond acceptors (Lipinski definition) is 2. The predicted octanol–water partition coefficient (Wildman–Crippen LogP) is 3.71. The molecule has 2 aromatic rings. The largest absolute Gasteiger partial charge is 0.322 e. The summed E-state index contributed by atoms with van der Waals surface area (Å²) in [5, 5.41) is 6.83. The Labute approximate surface area is 105 Å². The number of anilines is 1. The highest BCUT2D eigenvalue weighted by Gasteiger charge is 1.99. The average Bonchev–Trinajstić information content (AvgIpc) is 2.82. The summed E-state index contributed by atoms with van der Waals surface area (Å²) in [5.74, 6) is -0.106. The van der Waals surface area contributed by atoms with Crippen LogP contribution >= 0.6 is 11.3 Å². The lowest BCUT2D eigenvalue weighted by Crippen LogP contribution is -2.08. The van der Waals surface area contributed by atoms with Crippen molar-refractivity contribution < 1.29 is 4.79 Å². The van der Waals surface area contributed by atoms with Crippen molar-refractivity contribution in [3.05, 3.63) is 58.3 Å². The van der Waals surface area contributed by atoms with Gasteiger partial charge in [-0.15, -0.1) is 0 Å². The summed E-state index contributed by atoms with van der Waals surface area (Å²) in [7, 11) is 0. The van der Waals surface area contributed by atoms with E-state index in [1.807, 2.05) is 54.1 Å². The molecule has 2 nitrogen and oxygen atoms in total. The fourth-order valence-electron chi connectivity index (χ4n) is 1.43. The molecule has 1 aromatic heterocycles. The molecule has 0 aliphatic rings. The molecule has 0 aliphatic heterocycles. The number of nitrogens with one attached hydrogen (secondary N) is 1. The van der Waals surface area contributed by atoms with Gasteiger partial charge in [0.05, 0.1) is 0 Å². The van der Waals surface area contributed by atoms with Gasteiger partial charge < -0.3 is 5.32 Å². The molecule has 0 radical (unpaired) electrons. The summed E-state index contributed by atoms with van der Waals surface area (Å²) in [6.07, 6.45) is 3.36. The molecule has 1 heterocycles. The number of benzene rings is 1. The van der Waals surface area contributed by atoms with Crippen molar-refractivity contribution in [3.8, 4) is 0 Å². The molecule has 0 fully saturated rings. The lowest BCUT2D eigenvalue weighted by molar-refractivity contribution is -0.111. The first-order valence-electron chi connectivity index (χ1n) is 5.32. The van der Waals surface area contributed by atoms with E-state index in [4.69, 9.17) is 0 Å². The van der Waals surface area contributed by atoms with E-state index in [-0.39, 0.29) is 5.91 Å². The number of rotatable bonds is 3. The summed E-state index contributed by atoms with van der Waals surface area (Å²) in [6, 6.07) is 9.70. The number of carbonyl (C=O) groups excluding carboxylic acids is 1. The summed E-state index contributed by atoms with van der Waals surface area (Å²) in [6.45, 7) is 1.97. The van der Waals surface area contributed by atoms with E-state index in [1.165, 1.54) is 0 Å². The zero-order chi connectivity index (χ0) is 12.1. The highest BCUT2D eigenvalue weighted by molar-refractivity contribution is 7.08. The van der Waals surface area contributed by atoms with E-state index in [9.17, 15) is 4.79 Å². The molecular weight excluding hydrogens is 230 g/mol. The molecular formula is C14H13NOS. The predicted molar refractivity (Wildman–Crippen MR) is 73.2 cm³/mol. The van der Waals surface area contributed by atoms with Crippen LogP contribution in [0.15, 0.2) is 47.2 Å². The van der Waals surface area contributed by atoms with E-state index < -0.39 is 0 Å². The first kappa shape index (κ1) is 11.6. The summed E-state index contributed by atoms with van der Waals surface area (Å²) in [4.78, 5) is 11.7. The van der Waals surface area contributed by atoms with Gasteiger partial charge in [-0.2, -0.15) is 11.3 Å².